The number of hydrogen-bond acceptors (Lipinski definition) is 3. The Kier molecular flexibility index (Phi) is 7.97. The zero-order chi connectivity index (χ0) is 15.0. The molecule has 0 aromatic heterocycles. The van der Waals surface area contributed by atoms with Gasteiger partial charge < -0.3 is 14.8 Å². The van der Waals surface area contributed by atoms with Crippen molar-refractivity contribution in [2.45, 2.75) is 32.7 Å². The molecule has 0 aliphatic carbocycles. The van der Waals surface area contributed by atoms with Gasteiger partial charge in [0, 0.05) is 24.8 Å². The molecule has 114 valence electrons. The van der Waals surface area contributed by atoms with Crippen molar-refractivity contribution >= 4 is 11.6 Å². The molecule has 1 aromatic rings. The third kappa shape index (κ3) is 5.70. The van der Waals surface area contributed by atoms with Gasteiger partial charge in [0.15, 0.2) is 0 Å². The Morgan fingerprint density at radius 1 is 1.30 bits per heavy atom. The van der Waals surface area contributed by atoms with E-state index in [4.69, 9.17) is 21.1 Å². The first-order valence-electron chi connectivity index (χ1n) is 7.15. The van der Waals surface area contributed by atoms with Crippen LogP contribution in [0.2, 0.25) is 5.02 Å². The number of nitrogens with one attached hydrogen (secondary N) is 1. The van der Waals surface area contributed by atoms with E-state index in [1.165, 1.54) is 0 Å². The Morgan fingerprint density at radius 3 is 2.65 bits per heavy atom. The molecule has 0 radical (unpaired) electrons. The molecule has 20 heavy (non-hydrogen) atoms. The second-order valence-electron chi connectivity index (χ2n) is 5.21. The zero-order valence-corrected chi connectivity index (χ0v) is 13.7. The van der Waals surface area contributed by atoms with Crippen LogP contribution in [-0.4, -0.2) is 33.4 Å². The summed E-state index contributed by atoms with van der Waals surface area (Å²) in [5.74, 6) is 1.42. The zero-order valence-electron chi connectivity index (χ0n) is 12.9. The van der Waals surface area contributed by atoms with Gasteiger partial charge in [-0.2, -0.15) is 0 Å². The predicted molar refractivity (Wildman–Crippen MR) is 84.8 cm³/mol. The van der Waals surface area contributed by atoms with Crippen LogP contribution in [-0.2, 0) is 11.2 Å². The Bertz CT molecular complexity index is 398. The summed E-state index contributed by atoms with van der Waals surface area (Å²) < 4.78 is 10.6. The van der Waals surface area contributed by atoms with E-state index in [9.17, 15) is 0 Å². The van der Waals surface area contributed by atoms with Crippen LogP contribution in [0.4, 0.5) is 0 Å². The molecular weight excluding hydrogens is 274 g/mol. The van der Waals surface area contributed by atoms with Crippen molar-refractivity contribution in [3.05, 3.63) is 28.8 Å². The first-order valence-corrected chi connectivity index (χ1v) is 7.53. The van der Waals surface area contributed by atoms with Crippen molar-refractivity contribution in [2.75, 3.05) is 27.4 Å². The van der Waals surface area contributed by atoms with Gasteiger partial charge >= 0.3 is 0 Å². The minimum Gasteiger partial charge on any atom is -0.496 e. The van der Waals surface area contributed by atoms with E-state index in [0.717, 1.165) is 42.3 Å². The van der Waals surface area contributed by atoms with Gasteiger partial charge in [-0.3, -0.25) is 0 Å². The molecule has 2 atom stereocenters. The number of likely N-dealkylation sites (N-methyl/N-ethyl adjacent to an activating group) is 1. The Balaban J connectivity index is 2.76. The van der Waals surface area contributed by atoms with E-state index < -0.39 is 0 Å². The number of rotatable bonds is 9. The standard InChI is InChI=1S/C16H26ClNO2/c1-5-18-15(8-12(2)11-19-3)10-13-9-14(17)6-7-16(13)20-4/h6-7,9,12,15,18H,5,8,10-11H2,1-4H3. The number of benzene rings is 1. The molecule has 3 nitrogen and oxygen atoms in total. The molecule has 0 aliphatic heterocycles. The molecule has 1 rings (SSSR count). The van der Waals surface area contributed by atoms with E-state index in [0.29, 0.717) is 12.0 Å². The summed E-state index contributed by atoms with van der Waals surface area (Å²) in [4.78, 5) is 0. The third-order valence-electron chi connectivity index (χ3n) is 3.34. The molecule has 0 saturated carbocycles. The Labute approximate surface area is 127 Å². The van der Waals surface area contributed by atoms with Crippen molar-refractivity contribution in [3.8, 4) is 5.75 Å². The molecule has 0 spiro atoms. The van der Waals surface area contributed by atoms with Crippen molar-refractivity contribution in [2.24, 2.45) is 5.92 Å². The normalized spacial score (nSPS) is 14.1. The summed E-state index contributed by atoms with van der Waals surface area (Å²) in [6, 6.07) is 6.18. The van der Waals surface area contributed by atoms with Gasteiger partial charge in [-0.1, -0.05) is 25.4 Å². The van der Waals surface area contributed by atoms with Crippen LogP contribution < -0.4 is 10.1 Å². The maximum atomic E-state index is 6.09. The van der Waals surface area contributed by atoms with Crippen molar-refractivity contribution in [1.82, 2.24) is 5.32 Å². The lowest BCUT2D eigenvalue weighted by Crippen LogP contribution is -2.33. The highest BCUT2D eigenvalue weighted by atomic mass is 35.5. The fourth-order valence-electron chi connectivity index (χ4n) is 2.54. The van der Waals surface area contributed by atoms with E-state index in [-0.39, 0.29) is 0 Å². The van der Waals surface area contributed by atoms with Crippen molar-refractivity contribution in [1.29, 1.82) is 0 Å². The summed E-state index contributed by atoms with van der Waals surface area (Å²) in [6.07, 6.45) is 1.98. The monoisotopic (exact) mass is 299 g/mol. The Hall–Kier alpha value is -0.770. The summed E-state index contributed by atoms with van der Waals surface area (Å²) in [5.41, 5.74) is 1.15. The molecule has 0 saturated heterocycles. The molecule has 1 N–H and O–H groups in total. The van der Waals surface area contributed by atoms with Crippen LogP contribution in [0.25, 0.3) is 0 Å². The minimum atomic E-state index is 0.400. The van der Waals surface area contributed by atoms with Crippen LogP contribution in [0.5, 0.6) is 5.75 Å². The first kappa shape index (κ1) is 17.3. The highest BCUT2D eigenvalue weighted by Crippen LogP contribution is 2.25. The number of hydrogen-bond donors (Lipinski definition) is 1. The molecule has 0 fully saturated rings. The first-order chi connectivity index (χ1) is 9.60. The highest BCUT2D eigenvalue weighted by molar-refractivity contribution is 6.30. The Morgan fingerprint density at radius 2 is 2.05 bits per heavy atom. The lowest BCUT2D eigenvalue weighted by Gasteiger charge is -2.22. The molecule has 4 heteroatoms. The van der Waals surface area contributed by atoms with Crippen LogP contribution in [0.3, 0.4) is 0 Å². The van der Waals surface area contributed by atoms with Crippen LogP contribution in [0.1, 0.15) is 25.8 Å². The van der Waals surface area contributed by atoms with Crippen LogP contribution >= 0.6 is 11.6 Å². The maximum absolute atomic E-state index is 6.09. The summed E-state index contributed by atoms with van der Waals surface area (Å²) in [6.45, 7) is 6.08. The van der Waals surface area contributed by atoms with Crippen LogP contribution in [0.15, 0.2) is 18.2 Å². The molecule has 0 heterocycles. The maximum Gasteiger partial charge on any atom is 0.122 e. The third-order valence-corrected chi connectivity index (χ3v) is 3.57. The van der Waals surface area contributed by atoms with Gasteiger partial charge in [0.25, 0.3) is 0 Å². The SMILES string of the molecule is CCNC(Cc1cc(Cl)ccc1OC)CC(C)COC. The topological polar surface area (TPSA) is 30.5 Å². The van der Waals surface area contributed by atoms with Gasteiger partial charge in [0.05, 0.1) is 7.11 Å². The summed E-state index contributed by atoms with van der Waals surface area (Å²) in [7, 11) is 3.45. The van der Waals surface area contributed by atoms with E-state index in [1.54, 1.807) is 14.2 Å². The average molecular weight is 300 g/mol. The smallest absolute Gasteiger partial charge is 0.122 e. The lowest BCUT2D eigenvalue weighted by molar-refractivity contribution is 0.149. The molecular formula is C16H26ClNO2. The van der Waals surface area contributed by atoms with Gasteiger partial charge in [0.2, 0.25) is 0 Å². The number of halogens is 1. The van der Waals surface area contributed by atoms with Gasteiger partial charge in [-0.25, -0.2) is 0 Å². The average Bonchev–Trinajstić information content (AvgIpc) is 2.39. The van der Waals surface area contributed by atoms with E-state index in [2.05, 4.69) is 19.2 Å². The molecule has 1 aromatic carbocycles. The molecule has 0 bridgehead atoms. The second-order valence-corrected chi connectivity index (χ2v) is 5.65. The summed E-state index contributed by atoms with van der Waals surface area (Å²) >= 11 is 6.09. The quantitative estimate of drug-likeness (QED) is 0.756. The number of ether oxygens (including phenoxy) is 2. The lowest BCUT2D eigenvalue weighted by atomic mass is 9.96. The van der Waals surface area contributed by atoms with Gasteiger partial charge in [0.1, 0.15) is 5.75 Å². The predicted octanol–water partition coefficient (Wildman–Crippen LogP) is 3.54. The molecule has 0 aliphatic rings. The molecule has 2 unspecified atom stereocenters. The fraction of sp³-hybridized carbons (Fsp3) is 0.625. The number of methoxy groups -OCH3 is 2. The minimum absolute atomic E-state index is 0.400. The highest BCUT2D eigenvalue weighted by Gasteiger charge is 2.15. The van der Waals surface area contributed by atoms with Crippen molar-refractivity contribution in [3.63, 3.8) is 0 Å². The fourth-order valence-corrected chi connectivity index (χ4v) is 2.73. The van der Waals surface area contributed by atoms with Crippen molar-refractivity contribution < 1.29 is 9.47 Å². The van der Waals surface area contributed by atoms with Crippen LogP contribution in [0, 0.1) is 5.92 Å². The largest absolute Gasteiger partial charge is 0.496 e. The van der Waals surface area contributed by atoms with E-state index in [1.807, 2.05) is 18.2 Å². The van der Waals surface area contributed by atoms with E-state index >= 15 is 0 Å². The summed E-state index contributed by atoms with van der Waals surface area (Å²) in [5, 5.41) is 4.29. The van der Waals surface area contributed by atoms with Gasteiger partial charge in [-0.05, 0) is 49.1 Å². The molecule has 0 amide bonds. The van der Waals surface area contributed by atoms with Gasteiger partial charge in [-0.15, -0.1) is 0 Å². The second kappa shape index (κ2) is 9.22.